The Labute approximate surface area is 59.9 Å². The van der Waals surface area contributed by atoms with E-state index in [1.807, 2.05) is 0 Å². The smallest absolute Gasteiger partial charge is 0.0959 e. The first kappa shape index (κ1) is 9.14. The largest absolute Gasteiger partial charge is 0.391 e. The lowest BCUT2D eigenvalue weighted by Gasteiger charge is -2.05. The van der Waals surface area contributed by atoms with Gasteiger partial charge in [-0.05, 0) is 0 Å². The summed E-state index contributed by atoms with van der Waals surface area (Å²) in [7, 11) is 0. The molecule has 1 saturated heterocycles. The highest BCUT2D eigenvalue weighted by molar-refractivity contribution is 5.85. The van der Waals surface area contributed by atoms with Crippen molar-refractivity contribution in [3.8, 4) is 0 Å². The van der Waals surface area contributed by atoms with Crippen LogP contribution in [0.25, 0.3) is 0 Å². The van der Waals surface area contributed by atoms with Gasteiger partial charge in [0, 0.05) is 19.0 Å². The van der Waals surface area contributed by atoms with Crippen LogP contribution in [0.1, 0.15) is 0 Å². The summed E-state index contributed by atoms with van der Waals surface area (Å²) >= 11 is 0. The van der Waals surface area contributed by atoms with Crippen molar-refractivity contribution in [2.75, 3.05) is 19.8 Å². The minimum absolute atomic E-state index is 0. The van der Waals surface area contributed by atoms with Crippen molar-refractivity contribution >= 4 is 12.4 Å². The Morgan fingerprint density at radius 1 is 1.56 bits per heavy atom. The van der Waals surface area contributed by atoms with Crippen LogP contribution in [0.2, 0.25) is 0 Å². The molecule has 0 amide bonds. The van der Waals surface area contributed by atoms with Gasteiger partial charge < -0.3 is 10.4 Å². The van der Waals surface area contributed by atoms with Gasteiger partial charge in [0.2, 0.25) is 0 Å². The summed E-state index contributed by atoms with van der Waals surface area (Å²) in [5, 5.41) is 11.8. The Balaban J connectivity index is 0.000000640. The first-order valence-electron chi connectivity index (χ1n) is 2.79. The predicted octanol–water partition coefficient (Wildman–Crippen LogP) is -0.0420. The average Bonchev–Trinajstić information content (AvgIpc) is 2.14. The van der Waals surface area contributed by atoms with Gasteiger partial charge in [-0.25, -0.2) is 0 Å². The third kappa shape index (κ3) is 2.08. The van der Waals surface area contributed by atoms with E-state index in [4.69, 9.17) is 5.11 Å². The molecule has 0 spiro atoms. The van der Waals surface area contributed by atoms with Crippen LogP contribution in [0.4, 0.5) is 4.39 Å². The summed E-state index contributed by atoms with van der Waals surface area (Å²) in [5.74, 6) is -0.157. The second-order valence-electron chi connectivity index (χ2n) is 2.14. The van der Waals surface area contributed by atoms with E-state index in [0.29, 0.717) is 13.1 Å². The molecule has 2 atom stereocenters. The molecule has 2 unspecified atom stereocenters. The molecule has 0 aromatic carbocycles. The van der Waals surface area contributed by atoms with E-state index in [-0.39, 0.29) is 18.3 Å². The van der Waals surface area contributed by atoms with Gasteiger partial charge in [0.1, 0.15) is 0 Å². The van der Waals surface area contributed by atoms with Crippen molar-refractivity contribution in [2.45, 2.75) is 6.10 Å². The molecule has 2 nitrogen and oxygen atoms in total. The van der Waals surface area contributed by atoms with Crippen LogP contribution in [0.3, 0.4) is 0 Å². The first-order valence-corrected chi connectivity index (χ1v) is 2.79. The van der Waals surface area contributed by atoms with Gasteiger partial charge in [0.25, 0.3) is 0 Å². The number of alkyl halides is 1. The van der Waals surface area contributed by atoms with Crippen molar-refractivity contribution in [1.29, 1.82) is 0 Å². The lowest BCUT2D eigenvalue weighted by atomic mass is 10.1. The Bertz CT molecular complexity index is 83.4. The van der Waals surface area contributed by atoms with Crippen LogP contribution >= 0.6 is 12.4 Å². The lowest BCUT2D eigenvalue weighted by Crippen LogP contribution is -2.19. The van der Waals surface area contributed by atoms with Crippen molar-refractivity contribution in [3.63, 3.8) is 0 Å². The molecule has 9 heavy (non-hydrogen) atoms. The Kier molecular flexibility index (Phi) is 4.10. The van der Waals surface area contributed by atoms with Crippen LogP contribution in [0, 0.1) is 5.92 Å². The molecule has 1 rings (SSSR count). The molecule has 1 heterocycles. The molecule has 56 valence electrons. The number of hydrogen-bond donors (Lipinski definition) is 2. The number of halogens is 2. The molecule has 1 aliphatic heterocycles. The number of aliphatic hydroxyl groups is 1. The molecule has 1 aliphatic rings. The van der Waals surface area contributed by atoms with E-state index in [0.717, 1.165) is 0 Å². The number of β-amino-alcohol motifs (C(OH)–C–C–N with tert-alkyl or cyclic N) is 1. The quantitative estimate of drug-likeness (QED) is 0.557. The van der Waals surface area contributed by atoms with Gasteiger partial charge in [0.15, 0.2) is 0 Å². The molecule has 4 heteroatoms. The fourth-order valence-corrected chi connectivity index (χ4v) is 0.877. The van der Waals surface area contributed by atoms with E-state index in [2.05, 4.69) is 5.32 Å². The molecule has 0 aromatic heterocycles. The number of rotatable bonds is 1. The van der Waals surface area contributed by atoms with Gasteiger partial charge in [-0.2, -0.15) is 0 Å². The van der Waals surface area contributed by atoms with Crippen molar-refractivity contribution in [2.24, 2.45) is 5.92 Å². The Morgan fingerprint density at radius 2 is 2.22 bits per heavy atom. The molecule has 0 bridgehead atoms. The average molecular weight is 156 g/mol. The second-order valence-corrected chi connectivity index (χ2v) is 2.14. The summed E-state index contributed by atoms with van der Waals surface area (Å²) in [4.78, 5) is 0. The minimum atomic E-state index is -0.458. The van der Waals surface area contributed by atoms with Crippen LogP contribution in [0.15, 0.2) is 0 Å². The van der Waals surface area contributed by atoms with Crippen LogP contribution < -0.4 is 5.32 Å². The molecule has 1 fully saturated rings. The van der Waals surface area contributed by atoms with Gasteiger partial charge >= 0.3 is 0 Å². The molecule has 0 aromatic rings. The van der Waals surface area contributed by atoms with E-state index in [1.54, 1.807) is 0 Å². The van der Waals surface area contributed by atoms with Crippen LogP contribution in [-0.2, 0) is 0 Å². The summed E-state index contributed by atoms with van der Waals surface area (Å²) in [6, 6.07) is 0. The maximum atomic E-state index is 11.7. The third-order valence-corrected chi connectivity index (χ3v) is 1.50. The highest BCUT2D eigenvalue weighted by Crippen LogP contribution is 2.07. The van der Waals surface area contributed by atoms with Crippen LogP contribution in [0.5, 0.6) is 0 Å². The standard InChI is InChI=1S/C5H10FNO.ClH/c6-1-4-2-7-3-5(4)8;/h4-5,7-8H,1-3H2;1H. The molecular formula is C5H11ClFNO. The fraction of sp³-hybridized carbons (Fsp3) is 1.00. The SMILES string of the molecule is Cl.OC1CNCC1CF. The molecule has 0 aliphatic carbocycles. The topological polar surface area (TPSA) is 32.3 Å². The zero-order valence-electron chi connectivity index (χ0n) is 5.01. The summed E-state index contributed by atoms with van der Waals surface area (Å²) in [6.07, 6.45) is -0.458. The highest BCUT2D eigenvalue weighted by Gasteiger charge is 2.23. The normalized spacial score (nSPS) is 34.0. The van der Waals surface area contributed by atoms with E-state index < -0.39 is 12.8 Å². The predicted molar refractivity (Wildman–Crippen MR) is 35.6 cm³/mol. The van der Waals surface area contributed by atoms with E-state index in [1.165, 1.54) is 0 Å². The van der Waals surface area contributed by atoms with Crippen molar-refractivity contribution in [3.05, 3.63) is 0 Å². The Hall–Kier alpha value is 0.140. The van der Waals surface area contributed by atoms with E-state index >= 15 is 0 Å². The number of hydrogen-bond acceptors (Lipinski definition) is 2. The number of aliphatic hydroxyl groups excluding tert-OH is 1. The van der Waals surface area contributed by atoms with E-state index in [9.17, 15) is 4.39 Å². The van der Waals surface area contributed by atoms with Crippen molar-refractivity contribution in [1.82, 2.24) is 5.32 Å². The molecule has 0 saturated carbocycles. The summed E-state index contributed by atoms with van der Waals surface area (Å²) in [6.45, 7) is 0.764. The third-order valence-electron chi connectivity index (χ3n) is 1.50. The second kappa shape index (κ2) is 4.04. The zero-order valence-corrected chi connectivity index (χ0v) is 5.83. The highest BCUT2D eigenvalue weighted by atomic mass is 35.5. The minimum Gasteiger partial charge on any atom is -0.391 e. The molecule has 0 radical (unpaired) electrons. The lowest BCUT2D eigenvalue weighted by molar-refractivity contribution is 0.131. The molecular weight excluding hydrogens is 145 g/mol. The zero-order chi connectivity index (χ0) is 5.98. The van der Waals surface area contributed by atoms with Gasteiger partial charge in [0.05, 0.1) is 12.8 Å². The maximum Gasteiger partial charge on any atom is 0.0959 e. The number of nitrogens with one attached hydrogen (secondary N) is 1. The monoisotopic (exact) mass is 155 g/mol. The van der Waals surface area contributed by atoms with Gasteiger partial charge in [-0.15, -0.1) is 12.4 Å². The summed E-state index contributed by atoms with van der Waals surface area (Å²) in [5.41, 5.74) is 0. The van der Waals surface area contributed by atoms with Crippen LogP contribution in [-0.4, -0.2) is 31.0 Å². The van der Waals surface area contributed by atoms with Crippen molar-refractivity contribution < 1.29 is 9.50 Å². The Morgan fingerprint density at radius 3 is 2.44 bits per heavy atom. The van der Waals surface area contributed by atoms with Gasteiger partial charge in [-0.3, -0.25) is 4.39 Å². The fourth-order valence-electron chi connectivity index (χ4n) is 0.877. The maximum absolute atomic E-state index is 11.7. The summed E-state index contributed by atoms with van der Waals surface area (Å²) < 4.78 is 11.7. The molecule has 2 N–H and O–H groups in total. The van der Waals surface area contributed by atoms with Gasteiger partial charge in [-0.1, -0.05) is 0 Å². The first-order chi connectivity index (χ1) is 3.84.